The molecule has 0 bridgehead atoms. The number of carbonyl (C=O) groups excluding carboxylic acids is 1. The molecule has 9 rings (SSSR count). The Bertz CT molecular complexity index is 2340. The molecule has 1 aliphatic heterocycles. The molecule has 2 aromatic heterocycles. The first-order valence-electron chi connectivity index (χ1n) is 18.7. The van der Waals surface area contributed by atoms with Gasteiger partial charge >= 0.3 is 6.09 Å². The van der Waals surface area contributed by atoms with E-state index in [1.165, 1.54) is 0 Å². The van der Waals surface area contributed by atoms with E-state index in [-0.39, 0.29) is 41.3 Å². The number of rotatable bonds is 9. The third kappa shape index (κ3) is 6.01. The van der Waals surface area contributed by atoms with E-state index in [0.29, 0.717) is 29.3 Å². The topological polar surface area (TPSA) is 86.0 Å². The Kier molecular flexibility index (Phi) is 8.03. The minimum atomic E-state index is -3.17. The van der Waals surface area contributed by atoms with Crippen molar-refractivity contribution in [3.05, 3.63) is 125 Å². The van der Waals surface area contributed by atoms with Gasteiger partial charge < -0.3 is 20.0 Å². The molecule has 3 aliphatic rings. The number of alkyl halides is 2. The summed E-state index contributed by atoms with van der Waals surface area (Å²) in [4.78, 5) is 27.0. The molecule has 7 nitrogen and oxygen atoms in total. The van der Waals surface area contributed by atoms with Gasteiger partial charge in [-0.25, -0.2) is 9.78 Å². The first kappa shape index (κ1) is 33.5. The summed E-state index contributed by atoms with van der Waals surface area (Å²) in [7, 11) is 0. The molecule has 3 heterocycles. The Morgan fingerprint density at radius 3 is 2.32 bits per heavy atom. The van der Waals surface area contributed by atoms with Gasteiger partial charge in [0.2, 0.25) is 0 Å². The molecule has 0 unspecified atom stereocenters. The standard InChI is InChI=1S/C44H43F2N5O2/c1-4-35(47-26(2)3)41-49-37-15-12-29(22-39(37)50-41)28-10-13-31-32-14-11-30(21-34(32)44(45,46)33(31)20-28)36-16-17-38(48-36)40-23-43(18-19-43)25-51(40)42(52)53-24-27-8-6-5-7-9-27/h5-17,20-22,26,35,40,47-48H,4,18-19,23-25H2,1-3H3,(H,49,50)/t35-,40-/m0/s1. The molecular formula is C44H43F2N5O2. The van der Waals surface area contributed by atoms with Crippen LogP contribution in [0.3, 0.4) is 0 Å². The highest BCUT2D eigenvalue weighted by atomic mass is 19.3. The molecule has 1 saturated heterocycles. The van der Waals surface area contributed by atoms with E-state index in [1.54, 1.807) is 18.2 Å². The summed E-state index contributed by atoms with van der Waals surface area (Å²) in [6, 6.07) is 30.4. The number of benzene rings is 4. The summed E-state index contributed by atoms with van der Waals surface area (Å²) < 4.78 is 38.5. The van der Waals surface area contributed by atoms with E-state index in [4.69, 9.17) is 9.72 Å². The molecule has 0 radical (unpaired) electrons. The lowest BCUT2D eigenvalue weighted by molar-refractivity contribution is 0.0481. The lowest BCUT2D eigenvalue weighted by Crippen LogP contribution is -2.32. The van der Waals surface area contributed by atoms with E-state index in [2.05, 4.69) is 36.1 Å². The van der Waals surface area contributed by atoms with Crippen LogP contribution in [0.5, 0.6) is 0 Å². The number of halogens is 2. The van der Waals surface area contributed by atoms with Crippen molar-refractivity contribution in [2.24, 2.45) is 5.41 Å². The van der Waals surface area contributed by atoms with E-state index in [0.717, 1.165) is 70.6 Å². The average molecular weight is 712 g/mol. The molecule has 270 valence electrons. The zero-order chi connectivity index (χ0) is 36.5. The number of nitrogens with one attached hydrogen (secondary N) is 3. The Morgan fingerprint density at radius 2 is 1.60 bits per heavy atom. The number of fused-ring (bicyclic) bond motifs is 4. The quantitative estimate of drug-likeness (QED) is 0.139. The van der Waals surface area contributed by atoms with Gasteiger partial charge in [-0.15, -0.1) is 0 Å². The van der Waals surface area contributed by atoms with Crippen LogP contribution < -0.4 is 5.32 Å². The van der Waals surface area contributed by atoms with Crippen molar-refractivity contribution in [3.63, 3.8) is 0 Å². The second-order valence-corrected chi connectivity index (χ2v) is 15.4. The zero-order valence-electron chi connectivity index (χ0n) is 30.2. The van der Waals surface area contributed by atoms with E-state index >= 15 is 8.78 Å². The van der Waals surface area contributed by atoms with Crippen LogP contribution in [-0.2, 0) is 17.3 Å². The lowest BCUT2D eigenvalue weighted by atomic mass is 9.98. The van der Waals surface area contributed by atoms with Crippen LogP contribution in [-0.4, -0.2) is 38.5 Å². The van der Waals surface area contributed by atoms with Gasteiger partial charge in [-0.05, 0) is 101 Å². The van der Waals surface area contributed by atoms with Crippen molar-refractivity contribution in [3.8, 4) is 33.5 Å². The third-order valence-electron chi connectivity index (χ3n) is 11.4. The summed E-state index contributed by atoms with van der Waals surface area (Å²) >= 11 is 0. The first-order valence-corrected chi connectivity index (χ1v) is 18.7. The number of nitrogens with zero attached hydrogens (tertiary/aromatic N) is 2. The fraction of sp³-hybridized carbons (Fsp3) is 0.318. The lowest BCUT2D eigenvalue weighted by Gasteiger charge is -2.23. The number of aromatic amines is 2. The molecule has 6 aromatic rings. The molecule has 2 aliphatic carbocycles. The van der Waals surface area contributed by atoms with E-state index in [1.807, 2.05) is 83.8 Å². The highest BCUT2D eigenvalue weighted by molar-refractivity contribution is 5.87. The van der Waals surface area contributed by atoms with Gasteiger partial charge in [-0.3, -0.25) is 4.90 Å². The second kappa shape index (κ2) is 12.7. The van der Waals surface area contributed by atoms with Crippen LogP contribution in [0.2, 0.25) is 0 Å². The molecular weight excluding hydrogens is 669 g/mol. The zero-order valence-corrected chi connectivity index (χ0v) is 30.2. The summed E-state index contributed by atoms with van der Waals surface area (Å²) in [6.07, 6.45) is 3.61. The highest BCUT2D eigenvalue weighted by Gasteiger charge is 2.54. The van der Waals surface area contributed by atoms with Crippen molar-refractivity contribution in [2.75, 3.05) is 6.54 Å². The van der Waals surface area contributed by atoms with Gasteiger partial charge in [-0.1, -0.05) is 81.4 Å². The monoisotopic (exact) mass is 711 g/mol. The van der Waals surface area contributed by atoms with Gasteiger partial charge in [-0.2, -0.15) is 8.78 Å². The van der Waals surface area contributed by atoms with Gasteiger partial charge in [0.25, 0.3) is 5.92 Å². The number of likely N-dealkylation sites (tertiary alicyclic amines) is 1. The second-order valence-electron chi connectivity index (χ2n) is 15.4. The van der Waals surface area contributed by atoms with Crippen LogP contribution >= 0.6 is 0 Å². The Hall–Kier alpha value is -5.28. The summed E-state index contributed by atoms with van der Waals surface area (Å²) in [5.41, 5.74) is 7.80. The van der Waals surface area contributed by atoms with Crippen molar-refractivity contribution in [2.45, 2.75) is 77.1 Å². The summed E-state index contributed by atoms with van der Waals surface area (Å²) in [5, 5.41) is 3.55. The Labute approximate surface area is 307 Å². The van der Waals surface area contributed by atoms with Crippen molar-refractivity contribution in [1.82, 2.24) is 25.2 Å². The maximum atomic E-state index is 16.4. The Morgan fingerprint density at radius 1 is 0.906 bits per heavy atom. The third-order valence-corrected chi connectivity index (χ3v) is 11.4. The average Bonchev–Trinajstić information content (AvgIpc) is 3.50. The van der Waals surface area contributed by atoms with E-state index < -0.39 is 5.92 Å². The highest BCUT2D eigenvalue weighted by Crippen LogP contribution is 2.59. The fourth-order valence-electron chi connectivity index (χ4n) is 8.38. The summed E-state index contributed by atoms with van der Waals surface area (Å²) in [6.45, 7) is 7.24. The number of hydrogen-bond donors (Lipinski definition) is 3. The number of carbonyl (C=O) groups is 1. The largest absolute Gasteiger partial charge is 0.445 e. The molecule has 4 aromatic carbocycles. The number of ether oxygens (including phenoxy) is 1. The van der Waals surface area contributed by atoms with Gasteiger partial charge in [0, 0.05) is 35.1 Å². The van der Waals surface area contributed by atoms with Gasteiger partial charge in [0.15, 0.2) is 0 Å². The molecule has 1 amide bonds. The fourth-order valence-corrected chi connectivity index (χ4v) is 8.38. The normalized spacial score (nSPS) is 18.5. The maximum Gasteiger partial charge on any atom is 0.410 e. The van der Waals surface area contributed by atoms with E-state index in [9.17, 15) is 4.79 Å². The molecule has 1 spiro atoms. The molecule has 3 N–H and O–H groups in total. The number of aromatic nitrogens is 3. The van der Waals surface area contributed by atoms with Crippen LogP contribution in [0, 0.1) is 5.41 Å². The SMILES string of the molecule is CC[C@H](NC(C)C)c1nc2ccc(-c3ccc4c(c3)C(F)(F)c3cc(-c5ccc([C@@H]6CC7(CC7)CN6C(=O)OCc6ccccc6)[nH]5)ccc3-4)cc2[nH]1. The van der Waals surface area contributed by atoms with Crippen LogP contribution in [0.15, 0.2) is 97.1 Å². The number of amides is 1. The predicted octanol–water partition coefficient (Wildman–Crippen LogP) is 10.7. The van der Waals surface area contributed by atoms with Gasteiger partial charge in [0.05, 0.1) is 23.1 Å². The number of hydrogen-bond acceptors (Lipinski definition) is 4. The van der Waals surface area contributed by atoms with Gasteiger partial charge in [0.1, 0.15) is 12.4 Å². The smallest absolute Gasteiger partial charge is 0.410 e. The van der Waals surface area contributed by atoms with Crippen molar-refractivity contribution >= 4 is 17.1 Å². The predicted molar refractivity (Wildman–Crippen MR) is 203 cm³/mol. The number of imidazole rings is 1. The Balaban J connectivity index is 0.961. The molecule has 2 fully saturated rings. The molecule has 2 atom stereocenters. The van der Waals surface area contributed by atoms with Crippen molar-refractivity contribution in [1.29, 1.82) is 0 Å². The molecule has 9 heteroatoms. The minimum Gasteiger partial charge on any atom is -0.445 e. The van der Waals surface area contributed by atoms with Crippen LogP contribution in [0.25, 0.3) is 44.5 Å². The maximum absolute atomic E-state index is 16.4. The summed E-state index contributed by atoms with van der Waals surface area (Å²) in [5.74, 6) is -2.29. The molecule has 1 saturated carbocycles. The van der Waals surface area contributed by atoms with Crippen LogP contribution in [0.4, 0.5) is 13.6 Å². The first-order chi connectivity index (χ1) is 25.6. The molecule has 53 heavy (non-hydrogen) atoms. The number of H-pyrrole nitrogens is 2. The minimum absolute atomic E-state index is 0.000798. The van der Waals surface area contributed by atoms with Crippen LogP contribution in [0.1, 0.15) is 86.7 Å². The van der Waals surface area contributed by atoms with Crippen molar-refractivity contribution < 1.29 is 18.3 Å².